The topological polar surface area (TPSA) is 50.6 Å². The second-order valence-corrected chi connectivity index (χ2v) is 7.20. The van der Waals surface area contributed by atoms with Gasteiger partial charge in [0.2, 0.25) is 5.91 Å². The fourth-order valence-corrected chi connectivity index (χ4v) is 4.50. The van der Waals surface area contributed by atoms with Crippen LogP contribution in [0.2, 0.25) is 0 Å². The first-order chi connectivity index (χ1) is 11.1. The number of carbonyl (C=O) groups excluding carboxylic acids is 1. The predicted octanol–water partition coefficient (Wildman–Crippen LogP) is 1.19. The maximum atomic E-state index is 13.2. The van der Waals surface area contributed by atoms with E-state index in [1.807, 2.05) is 17.8 Å². The lowest BCUT2D eigenvalue weighted by Gasteiger charge is -2.43. The standard InChI is InChI=1S/C17H26N4O2/c1-12-10-20-8-3-4-13(20)11-21(12)17(22)14-6-9-23-16(14)15-5-7-18-19(15)2/h5,7,12-14,16H,3-4,6,8-11H2,1-2H3/t12-,13+,14+,16+/m0/s1. The molecule has 1 amide bonds. The molecule has 0 aromatic carbocycles. The van der Waals surface area contributed by atoms with Crippen molar-refractivity contribution in [3.8, 4) is 0 Å². The molecule has 126 valence electrons. The summed E-state index contributed by atoms with van der Waals surface area (Å²) in [5.74, 6) is 0.202. The lowest BCUT2D eigenvalue weighted by atomic mass is 9.95. The Morgan fingerprint density at radius 1 is 1.35 bits per heavy atom. The molecule has 0 aliphatic carbocycles. The molecule has 0 radical (unpaired) electrons. The molecule has 3 aliphatic rings. The molecule has 3 aliphatic heterocycles. The number of piperazine rings is 1. The van der Waals surface area contributed by atoms with Crippen LogP contribution in [0.3, 0.4) is 0 Å². The molecule has 0 unspecified atom stereocenters. The minimum Gasteiger partial charge on any atom is -0.371 e. The first kappa shape index (κ1) is 15.1. The van der Waals surface area contributed by atoms with Gasteiger partial charge >= 0.3 is 0 Å². The number of hydrogen-bond acceptors (Lipinski definition) is 4. The summed E-state index contributed by atoms with van der Waals surface area (Å²) in [6.07, 6.45) is 4.93. The molecule has 6 heteroatoms. The number of hydrogen-bond donors (Lipinski definition) is 0. The average Bonchev–Trinajstić information content (AvgIpc) is 3.24. The van der Waals surface area contributed by atoms with Crippen molar-refractivity contribution in [2.75, 3.05) is 26.2 Å². The summed E-state index contributed by atoms with van der Waals surface area (Å²) in [5.41, 5.74) is 1.01. The van der Waals surface area contributed by atoms with E-state index in [9.17, 15) is 4.79 Å². The van der Waals surface area contributed by atoms with E-state index < -0.39 is 0 Å². The molecule has 3 fully saturated rings. The highest BCUT2D eigenvalue weighted by Crippen LogP contribution is 2.37. The fourth-order valence-electron chi connectivity index (χ4n) is 4.50. The Morgan fingerprint density at radius 2 is 2.22 bits per heavy atom. The zero-order valence-corrected chi connectivity index (χ0v) is 14.0. The van der Waals surface area contributed by atoms with Gasteiger partial charge in [-0.05, 0) is 38.8 Å². The van der Waals surface area contributed by atoms with Crippen LogP contribution in [-0.2, 0) is 16.6 Å². The molecule has 4 heterocycles. The van der Waals surface area contributed by atoms with E-state index in [0.29, 0.717) is 18.7 Å². The minimum atomic E-state index is -0.149. The molecular formula is C17H26N4O2. The van der Waals surface area contributed by atoms with Gasteiger partial charge in [-0.2, -0.15) is 5.10 Å². The van der Waals surface area contributed by atoms with Crippen LogP contribution in [0.25, 0.3) is 0 Å². The molecule has 0 saturated carbocycles. The molecule has 23 heavy (non-hydrogen) atoms. The summed E-state index contributed by atoms with van der Waals surface area (Å²) < 4.78 is 7.73. The maximum absolute atomic E-state index is 13.2. The summed E-state index contributed by atoms with van der Waals surface area (Å²) in [5, 5.41) is 4.23. The predicted molar refractivity (Wildman–Crippen MR) is 85.8 cm³/mol. The third-order valence-electron chi connectivity index (χ3n) is 5.78. The number of ether oxygens (including phenoxy) is 1. The van der Waals surface area contributed by atoms with Crippen LogP contribution >= 0.6 is 0 Å². The van der Waals surface area contributed by atoms with Crippen LogP contribution in [0.1, 0.15) is 38.0 Å². The SMILES string of the molecule is C[C@H]1CN2CCC[C@@H]2CN1C(=O)[C@@H]1CCO[C@H]1c1ccnn1C. The van der Waals surface area contributed by atoms with Crippen LogP contribution in [0, 0.1) is 5.92 Å². The van der Waals surface area contributed by atoms with E-state index in [-0.39, 0.29) is 17.9 Å². The van der Waals surface area contributed by atoms with Crippen LogP contribution in [-0.4, -0.2) is 63.8 Å². The largest absolute Gasteiger partial charge is 0.371 e. The van der Waals surface area contributed by atoms with Crippen molar-refractivity contribution < 1.29 is 9.53 Å². The average molecular weight is 318 g/mol. The fraction of sp³-hybridized carbons (Fsp3) is 0.765. The molecule has 1 aromatic heterocycles. The molecular weight excluding hydrogens is 292 g/mol. The van der Waals surface area contributed by atoms with Crippen molar-refractivity contribution in [1.82, 2.24) is 19.6 Å². The smallest absolute Gasteiger partial charge is 0.229 e. The lowest BCUT2D eigenvalue weighted by molar-refractivity contribution is -0.143. The van der Waals surface area contributed by atoms with Crippen molar-refractivity contribution in [2.45, 2.75) is 44.4 Å². The first-order valence-corrected chi connectivity index (χ1v) is 8.79. The molecule has 0 bridgehead atoms. The van der Waals surface area contributed by atoms with Gasteiger partial charge in [-0.3, -0.25) is 14.4 Å². The van der Waals surface area contributed by atoms with Crippen LogP contribution in [0.15, 0.2) is 12.3 Å². The minimum absolute atomic E-state index is 0.0687. The summed E-state index contributed by atoms with van der Waals surface area (Å²) >= 11 is 0. The summed E-state index contributed by atoms with van der Waals surface area (Å²) in [4.78, 5) is 17.9. The van der Waals surface area contributed by atoms with Gasteiger partial charge in [-0.1, -0.05) is 0 Å². The highest BCUT2D eigenvalue weighted by molar-refractivity contribution is 5.80. The summed E-state index contributed by atoms with van der Waals surface area (Å²) in [6, 6.07) is 2.83. The van der Waals surface area contributed by atoms with E-state index in [1.165, 1.54) is 19.4 Å². The van der Waals surface area contributed by atoms with Crippen molar-refractivity contribution in [1.29, 1.82) is 0 Å². The monoisotopic (exact) mass is 318 g/mol. The van der Waals surface area contributed by atoms with Gasteiger partial charge in [0.1, 0.15) is 6.10 Å². The van der Waals surface area contributed by atoms with E-state index in [2.05, 4.69) is 21.8 Å². The summed E-state index contributed by atoms with van der Waals surface area (Å²) in [7, 11) is 1.92. The van der Waals surface area contributed by atoms with Crippen LogP contribution in [0.5, 0.6) is 0 Å². The molecule has 0 N–H and O–H groups in total. The first-order valence-electron chi connectivity index (χ1n) is 8.79. The third kappa shape index (κ3) is 2.58. The number of aromatic nitrogens is 2. The molecule has 3 saturated heterocycles. The highest BCUT2D eigenvalue weighted by atomic mass is 16.5. The van der Waals surface area contributed by atoms with Crippen LogP contribution in [0.4, 0.5) is 0 Å². The third-order valence-corrected chi connectivity index (χ3v) is 5.78. The zero-order chi connectivity index (χ0) is 16.0. The second-order valence-electron chi connectivity index (χ2n) is 7.20. The van der Waals surface area contributed by atoms with Gasteiger partial charge in [0.15, 0.2) is 0 Å². The maximum Gasteiger partial charge on any atom is 0.229 e. The molecule has 4 atom stereocenters. The van der Waals surface area contributed by atoms with E-state index in [1.54, 1.807) is 6.20 Å². The van der Waals surface area contributed by atoms with E-state index in [0.717, 1.165) is 25.2 Å². The Hall–Kier alpha value is -1.40. The number of nitrogens with zero attached hydrogens (tertiary/aromatic N) is 4. The molecule has 4 rings (SSSR count). The lowest BCUT2D eigenvalue weighted by Crippen LogP contribution is -2.58. The van der Waals surface area contributed by atoms with Crippen molar-refractivity contribution in [3.05, 3.63) is 18.0 Å². The van der Waals surface area contributed by atoms with Gasteiger partial charge in [-0.25, -0.2) is 0 Å². The van der Waals surface area contributed by atoms with Gasteiger partial charge in [0.05, 0.1) is 11.6 Å². The van der Waals surface area contributed by atoms with Gasteiger partial charge in [0, 0.05) is 45.0 Å². The van der Waals surface area contributed by atoms with Gasteiger partial charge < -0.3 is 9.64 Å². The molecule has 0 spiro atoms. The molecule has 1 aromatic rings. The van der Waals surface area contributed by atoms with Crippen molar-refractivity contribution >= 4 is 5.91 Å². The number of rotatable bonds is 2. The zero-order valence-electron chi connectivity index (χ0n) is 14.0. The Labute approximate surface area is 137 Å². The summed E-state index contributed by atoms with van der Waals surface area (Å²) in [6.45, 7) is 5.93. The van der Waals surface area contributed by atoms with Gasteiger partial charge in [0.25, 0.3) is 0 Å². The second kappa shape index (κ2) is 5.91. The Bertz CT molecular complexity index is 587. The quantitative estimate of drug-likeness (QED) is 0.822. The Balaban J connectivity index is 1.52. The van der Waals surface area contributed by atoms with Crippen LogP contribution < -0.4 is 0 Å². The Kier molecular flexibility index (Phi) is 3.89. The number of carbonyl (C=O) groups is 1. The number of amides is 1. The number of fused-ring (bicyclic) bond motifs is 1. The highest BCUT2D eigenvalue weighted by Gasteiger charge is 2.43. The molecule has 6 nitrogen and oxygen atoms in total. The van der Waals surface area contributed by atoms with Gasteiger partial charge in [-0.15, -0.1) is 0 Å². The normalized spacial score (nSPS) is 34.8. The Morgan fingerprint density at radius 3 is 3.00 bits per heavy atom. The van der Waals surface area contributed by atoms with E-state index in [4.69, 9.17) is 4.74 Å². The van der Waals surface area contributed by atoms with Crippen molar-refractivity contribution in [3.63, 3.8) is 0 Å². The number of aryl methyl sites for hydroxylation is 1. The van der Waals surface area contributed by atoms with Crippen molar-refractivity contribution in [2.24, 2.45) is 13.0 Å². The van der Waals surface area contributed by atoms with E-state index >= 15 is 0 Å².